The van der Waals surface area contributed by atoms with E-state index in [4.69, 9.17) is 10.8 Å². The van der Waals surface area contributed by atoms with Gasteiger partial charge < -0.3 is 26.8 Å². The molecule has 0 aliphatic heterocycles. The van der Waals surface area contributed by atoms with E-state index in [1.54, 1.807) is 6.07 Å². The number of aromatic nitrogens is 1. The number of carboxylic acid groups (broad SMARTS) is 1. The molecule has 0 radical (unpaired) electrons. The van der Waals surface area contributed by atoms with Gasteiger partial charge in [0, 0.05) is 5.69 Å². The molecular formula is C20H24FN5O3. The molecule has 1 aliphatic carbocycles. The predicted molar refractivity (Wildman–Crippen MR) is 108 cm³/mol. The monoisotopic (exact) mass is 401 g/mol. The molecule has 1 aromatic heterocycles. The molecule has 154 valence electrons. The molecule has 3 rings (SSSR count). The summed E-state index contributed by atoms with van der Waals surface area (Å²) in [5, 5.41) is 17.6. The van der Waals surface area contributed by atoms with E-state index in [9.17, 15) is 14.0 Å². The molecule has 2 aromatic rings. The lowest BCUT2D eigenvalue weighted by atomic mass is 10.0. The Labute approximate surface area is 167 Å². The van der Waals surface area contributed by atoms with Gasteiger partial charge in [0.2, 0.25) is 0 Å². The minimum absolute atomic E-state index is 0.0736. The number of pyridine rings is 1. The van der Waals surface area contributed by atoms with Crippen LogP contribution in [0.5, 0.6) is 0 Å². The van der Waals surface area contributed by atoms with Crippen molar-refractivity contribution in [2.24, 2.45) is 5.73 Å². The van der Waals surface area contributed by atoms with Crippen LogP contribution >= 0.6 is 0 Å². The molecule has 1 atom stereocenters. The number of nitrogens with zero attached hydrogens (tertiary/aromatic N) is 1. The zero-order valence-corrected chi connectivity index (χ0v) is 16.3. The molecule has 1 heterocycles. The topological polar surface area (TPSA) is 129 Å². The number of hydrogen-bond acceptors (Lipinski definition) is 5. The number of aryl methyl sites for hydroxylation is 1. The first kappa shape index (κ1) is 20.4. The Morgan fingerprint density at radius 1 is 1.31 bits per heavy atom. The Hall–Kier alpha value is -3.36. The van der Waals surface area contributed by atoms with Crippen molar-refractivity contribution >= 4 is 29.3 Å². The van der Waals surface area contributed by atoms with Crippen LogP contribution in [-0.4, -0.2) is 33.7 Å². The lowest BCUT2D eigenvalue weighted by Gasteiger charge is -2.28. The summed E-state index contributed by atoms with van der Waals surface area (Å²) >= 11 is 0. The fourth-order valence-corrected chi connectivity index (χ4v) is 3.44. The number of carbonyl (C=O) groups is 2. The Morgan fingerprint density at radius 2 is 2.03 bits per heavy atom. The van der Waals surface area contributed by atoms with Gasteiger partial charge in [-0.3, -0.25) is 4.79 Å². The maximum atomic E-state index is 14.7. The summed E-state index contributed by atoms with van der Waals surface area (Å²) < 4.78 is 14.7. The minimum Gasteiger partial charge on any atom is -0.465 e. The van der Waals surface area contributed by atoms with Gasteiger partial charge in [-0.05, 0) is 49.9 Å². The first-order valence-electron chi connectivity index (χ1n) is 9.36. The highest BCUT2D eigenvalue weighted by Gasteiger charge is 2.50. The number of rotatable bonds is 8. The summed E-state index contributed by atoms with van der Waals surface area (Å²) in [6.45, 7) is 3.80. The Kier molecular flexibility index (Phi) is 5.58. The normalized spacial score (nSPS) is 15.3. The molecule has 1 unspecified atom stereocenters. The van der Waals surface area contributed by atoms with E-state index >= 15 is 0 Å². The second-order valence-electron chi connectivity index (χ2n) is 7.27. The van der Waals surface area contributed by atoms with Gasteiger partial charge in [-0.1, -0.05) is 19.1 Å². The second-order valence-corrected chi connectivity index (χ2v) is 7.27. The van der Waals surface area contributed by atoms with Crippen molar-refractivity contribution in [1.82, 2.24) is 10.3 Å². The lowest BCUT2D eigenvalue weighted by Crippen LogP contribution is -2.48. The zero-order chi connectivity index (χ0) is 21.2. The lowest BCUT2D eigenvalue weighted by molar-refractivity contribution is 0.1000. The van der Waals surface area contributed by atoms with Crippen LogP contribution in [0, 0.1) is 12.7 Å². The maximum Gasteiger partial charge on any atom is 0.405 e. The van der Waals surface area contributed by atoms with Gasteiger partial charge >= 0.3 is 6.09 Å². The van der Waals surface area contributed by atoms with Gasteiger partial charge in [-0.15, -0.1) is 0 Å². The molecule has 0 saturated heterocycles. The van der Waals surface area contributed by atoms with Crippen LogP contribution in [0.15, 0.2) is 30.3 Å². The van der Waals surface area contributed by atoms with Crippen LogP contribution in [0.4, 0.5) is 26.5 Å². The molecule has 2 amide bonds. The van der Waals surface area contributed by atoms with E-state index < -0.39 is 23.4 Å². The molecule has 1 saturated carbocycles. The third-order valence-electron chi connectivity index (χ3n) is 5.05. The van der Waals surface area contributed by atoms with Crippen molar-refractivity contribution in [1.29, 1.82) is 0 Å². The number of benzene rings is 1. The molecule has 1 fully saturated rings. The van der Waals surface area contributed by atoms with Gasteiger partial charge in [-0.25, -0.2) is 14.2 Å². The summed E-state index contributed by atoms with van der Waals surface area (Å²) in [4.78, 5) is 27.2. The number of hydrogen-bond donors (Lipinski definition) is 5. The van der Waals surface area contributed by atoms with Crippen molar-refractivity contribution < 1.29 is 19.1 Å². The summed E-state index contributed by atoms with van der Waals surface area (Å²) in [6.07, 6.45) is 0.738. The standard InChI is InChI=1S/C20H24FN5O3/c1-3-15(20(7-8-20)26-19(28)29)24-18-14(21)10-13(16(22)27)17(25-18)23-12-6-4-5-11(2)9-12/h4-6,9-10,15,26H,3,7-8H2,1-2H3,(H2,22,27)(H,28,29)(H2,23,24,25). The third kappa shape index (κ3) is 4.56. The zero-order valence-electron chi connectivity index (χ0n) is 16.3. The third-order valence-corrected chi connectivity index (χ3v) is 5.05. The highest BCUT2D eigenvalue weighted by atomic mass is 19.1. The van der Waals surface area contributed by atoms with Crippen LogP contribution in [0.1, 0.15) is 42.1 Å². The van der Waals surface area contributed by atoms with Crippen LogP contribution in [0.25, 0.3) is 0 Å². The Bertz CT molecular complexity index is 946. The SMILES string of the molecule is CCC(Nc1nc(Nc2cccc(C)c2)c(C(N)=O)cc1F)C1(NC(=O)O)CC1. The van der Waals surface area contributed by atoms with E-state index in [-0.39, 0.29) is 23.2 Å². The number of primary amides is 1. The molecule has 8 nitrogen and oxygen atoms in total. The van der Waals surface area contributed by atoms with Crippen LogP contribution < -0.4 is 21.7 Å². The van der Waals surface area contributed by atoms with E-state index in [0.717, 1.165) is 11.6 Å². The Balaban J connectivity index is 1.92. The maximum absolute atomic E-state index is 14.7. The molecule has 9 heteroatoms. The van der Waals surface area contributed by atoms with Gasteiger partial charge in [0.15, 0.2) is 11.6 Å². The van der Waals surface area contributed by atoms with Crippen LogP contribution in [0.3, 0.4) is 0 Å². The van der Waals surface area contributed by atoms with Gasteiger partial charge in [0.25, 0.3) is 5.91 Å². The summed E-state index contributed by atoms with van der Waals surface area (Å²) in [6, 6.07) is 8.08. The average Bonchev–Trinajstić information content (AvgIpc) is 3.41. The number of nitrogens with one attached hydrogen (secondary N) is 3. The number of nitrogens with two attached hydrogens (primary N) is 1. The molecule has 29 heavy (non-hydrogen) atoms. The second kappa shape index (κ2) is 7.94. The van der Waals surface area contributed by atoms with Crippen molar-refractivity contribution in [2.45, 2.75) is 44.7 Å². The van der Waals surface area contributed by atoms with Crippen LogP contribution in [-0.2, 0) is 0 Å². The van der Waals surface area contributed by atoms with Crippen molar-refractivity contribution in [2.75, 3.05) is 10.6 Å². The minimum atomic E-state index is -1.12. The van der Waals surface area contributed by atoms with Crippen molar-refractivity contribution in [3.8, 4) is 0 Å². The quantitative estimate of drug-likeness (QED) is 0.461. The highest BCUT2D eigenvalue weighted by Crippen LogP contribution is 2.41. The molecule has 1 aromatic carbocycles. The first-order valence-corrected chi connectivity index (χ1v) is 9.36. The van der Waals surface area contributed by atoms with Crippen molar-refractivity contribution in [3.05, 3.63) is 47.3 Å². The number of halogens is 1. The van der Waals surface area contributed by atoms with Gasteiger partial charge in [-0.2, -0.15) is 0 Å². The molecular weight excluding hydrogens is 377 g/mol. The van der Waals surface area contributed by atoms with E-state index in [0.29, 0.717) is 24.9 Å². The van der Waals surface area contributed by atoms with Crippen molar-refractivity contribution in [3.63, 3.8) is 0 Å². The van der Waals surface area contributed by atoms with Gasteiger partial charge in [0.1, 0.15) is 5.82 Å². The Morgan fingerprint density at radius 3 is 2.59 bits per heavy atom. The van der Waals surface area contributed by atoms with E-state index in [1.807, 2.05) is 32.0 Å². The summed E-state index contributed by atoms with van der Waals surface area (Å²) in [5.41, 5.74) is 6.34. The summed E-state index contributed by atoms with van der Waals surface area (Å²) in [7, 11) is 0. The number of carbonyl (C=O) groups excluding carboxylic acids is 1. The fourth-order valence-electron chi connectivity index (χ4n) is 3.44. The van der Waals surface area contributed by atoms with E-state index in [1.165, 1.54) is 0 Å². The van der Waals surface area contributed by atoms with Crippen LogP contribution in [0.2, 0.25) is 0 Å². The highest BCUT2D eigenvalue weighted by molar-refractivity contribution is 5.98. The van der Waals surface area contributed by atoms with E-state index in [2.05, 4.69) is 20.9 Å². The fraction of sp³-hybridized carbons (Fsp3) is 0.350. The number of amides is 2. The largest absolute Gasteiger partial charge is 0.465 e. The smallest absolute Gasteiger partial charge is 0.405 e. The first-order chi connectivity index (χ1) is 13.7. The number of anilines is 3. The summed E-state index contributed by atoms with van der Waals surface area (Å²) in [5.74, 6) is -1.50. The molecule has 1 aliphatic rings. The molecule has 6 N–H and O–H groups in total. The average molecular weight is 401 g/mol. The van der Waals surface area contributed by atoms with Gasteiger partial charge in [0.05, 0.1) is 17.1 Å². The predicted octanol–water partition coefficient (Wildman–Crippen LogP) is 3.36. The molecule has 0 bridgehead atoms. The molecule has 0 spiro atoms.